The standard InChI is InChI=1S/C20H26BN3O6.CH2O2/c22-8-9-23-12-14-6-4-13(5-7-14)10-18(25)24-17(21(29)30)11-15-2-1-3-16(19(15)26)20(27)28;2-1-3/h1-7,17,23,26,29-30H,8-12,22H2,(H,24,25)(H,27,28);1H,(H,2,3)/t17-;/m0./s1. The zero-order chi connectivity index (χ0) is 24.8. The van der Waals surface area contributed by atoms with Crippen LogP contribution >= 0.6 is 0 Å². The van der Waals surface area contributed by atoms with Gasteiger partial charge in [0.25, 0.3) is 6.47 Å². The largest absolute Gasteiger partial charge is 0.507 e. The van der Waals surface area contributed by atoms with E-state index in [9.17, 15) is 24.7 Å². The number of aromatic hydroxyl groups is 1. The van der Waals surface area contributed by atoms with E-state index in [0.29, 0.717) is 19.6 Å². The maximum absolute atomic E-state index is 12.4. The Kier molecular flexibility index (Phi) is 12.2. The number of phenols is 1. The molecule has 0 fully saturated rings. The Bertz CT molecular complexity index is 909. The number of carbonyl (C=O) groups is 3. The number of nitrogens with one attached hydrogen (secondary N) is 2. The van der Waals surface area contributed by atoms with Crippen LogP contribution in [0.3, 0.4) is 0 Å². The normalized spacial score (nSPS) is 11.0. The van der Waals surface area contributed by atoms with Crippen LogP contribution < -0.4 is 16.4 Å². The molecule has 0 saturated carbocycles. The van der Waals surface area contributed by atoms with Gasteiger partial charge < -0.3 is 41.7 Å². The third-order valence-corrected chi connectivity index (χ3v) is 4.53. The van der Waals surface area contributed by atoms with Gasteiger partial charge >= 0.3 is 13.1 Å². The highest BCUT2D eigenvalue weighted by molar-refractivity contribution is 6.43. The predicted molar refractivity (Wildman–Crippen MR) is 120 cm³/mol. The lowest BCUT2D eigenvalue weighted by atomic mass is 9.75. The number of rotatable bonds is 11. The van der Waals surface area contributed by atoms with Crippen molar-refractivity contribution in [2.45, 2.75) is 25.3 Å². The number of amides is 1. The molecule has 0 saturated heterocycles. The summed E-state index contributed by atoms with van der Waals surface area (Å²) in [6, 6.07) is 11.5. The first-order chi connectivity index (χ1) is 15.7. The van der Waals surface area contributed by atoms with Gasteiger partial charge in [-0.2, -0.15) is 0 Å². The van der Waals surface area contributed by atoms with E-state index in [1.165, 1.54) is 18.2 Å². The Labute approximate surface area is 191 Å². The van der Waals surface area contributed by atoms with E-state index in [0.717, 1.165) is 11.1 Å². The van der Waals surface area contributed by atoms with Gasteiger partial charge in [0, 0.05) is 19.6 Å². The summed E-state index contributed by atoms with van der Waals surface area (Å²) < 4.78 is 0. The zero-order valence-corrected chi connectivity index (χ0v) is 17.8. The van der Waals surface area contributed by atoms with Gasteiger partial charge in [-0.1, -0.05) is 36.4 Å². The summed E-state index contributed by atoms with van der Waals surface area (Å²) in [6.07, 6.45) is -0.122. The molecule has 11 nitrogen and oxygen atoms in total. The molecule has 0 bridgehead atoms. The second-order valence-corrected chi connectivity index (χ2v) is 6.97. The molecule has 2 aromatic rings. The lowest BCUT2D eigenvalue weighted by molar-refractivity contribution is -0.123. The van der Waals surface area contributed by atoms with Crippen molar-refractivity contribution < 1.29 is 39.8 Å². The summed E-state index contributed by atoms with van der Waals surface area (Å²) in [7, 11) is -1.89. The molecule has 12 heteroatoms. The molecule has 0 unspecified atom stereocenters. The van der Waals surface area contributed by atoms with Crippen molar-refractivity contribution in [3.05, 3.63) is 64.7 Å². The first kappa shape index (κ1) is 27.6. The number of carboxylic acid groups (broad SMARTS) is 2. The van der Waals surface area contributed by atoms with E-state index in [1.807, 2.05) is 24.3 Å². The smallest absolute Gasteiger partial charge is 0.475 e. The molecule has 178 valence electrons. The molecule has 9 N–H and O–H groups in total. The van der Waals surface area contributed by atoms with Crippen LogP contribution in [0.1, 0.15) is 27.0 Å². The molecule has 0 aliphatic carbocycles. The van der Waals surface area contributed by atoms with Crippen LogP contribution in [-0.2, 0) is 29.0 Å². The first-order valence-corrected chi connectivity index (χ1v) is 9.99. The number of para-hydroxylation sites is 1. The average Bonchev–Trinajstić information content (AvgIpc) is 2.76. The molecule has 2 aromatic carbocycles. The van der Waals surface area contributed by atoms with Crippen molar-refractivity contribution in [2.24, 2.45) is 5.73 Å². The lowest BCUT2D eigenvalue weighted by Gasteiger charge is -2.19. The molecule has 0 aliphatic heterocycles. The zero-order valence-electron chi connectivity index (χ0n) is 17.8. The van der Waals surface area contributed by atoms with E-state index >= 15 is 0 Å². The highest BCUT2D eigenvalue weighted by Crippen LogP contribution is 2.24. The van der Waals surface area contributed by atoms with Crippen molar-refractivity contribution >= 4 is 25.5 Å². The van der Waals surface area contributed by atoms with Crippen molar-refractivity contribution in [1.29, 1.82) is 0 Å². The highest BCUT2D eigenvalue weighted by atomic mass is 16.4. The lowest BCUT2D eigenvalue weighted by Crippen LogP contribution is -2.48. The van der Waals surface area contributed by atoms with Crippen LogP contribution in [0.5, 0.6) is 5.75 Å². The van der Waals surface area contributed by atoms with E-state index in [-0.39, 0.29) is 30.4 Å². The van der Waals surface area contributed by atoms with Gasteiger partial charge in [-0.15, -0.1) is 0 Å². The number of carbonyl (C=O) groups excluding carboxylic acids is 1. The van der Waals surface area contributed by atoms with Crippen LogP contribution in [0.15, 0.2) is 42.5 Å². The van der Waals surface area contributed by atoms with Gasteiger partial charge in [-0.05, 0) is 29.2 Å². The summed E-state index contributed by atoms with van der Waals surface area (Å²) in [6.45, 7) is 1.68. The quantitative estimate of drug-likeness (QED) is 0.118. The molecule has 0 aromatic heterocycles. The van der Waals surface area contributed by atoms with Crippen molar-refractivity contribution in [3.8, 4) is 5.75 Å². The number of benzene rings is 2. The van der Waals surface area contributed by atoms with Crippen LogP contribution in [0.25, 0.3) is 0 Å². The summed E-state index contributed by atoms with van der Waals surface area (Å²) in [4.78, 5) is 31.9. The first-order valence-electron chi connectivity index (χ1n) is 9.99. The molecule has 1 atom stereocenters. The van der Waals surface area contributed by atoms with Gasteiger partial charge in [0.05, 0.1) is 12.4 Å². The topological polar surface area (TPSA) is 202 Å². The fraction of sp³-hybridized carbons (Fsp3) is 0.286. The Morgan fingerprint density at radius 2 is 1.70 bits per heavy atom. The monoisotopic (exact) mass is 461 g/mol. The second kappa shape index (κ2) is 14.6. The molecular formula is C21H28BN3O8. The van der Waals surface area contributed by atoms with Gasteiger partial charge in [0.2, 0.25) is 5.91 Å². The van der Waals surface area contributed by atoms with Crippen LogP contribution in [-0.4, -0.2) is 69.9 Å². The number of aromatic carboxylic acids is 1. The van der Waals surface area contributed by atoms with E-state index in [1.54, 1.807) is 0 Å². The van der Waals surface area contributed by atoms with Crippen molar-refractivity contribution in [3.63, 3.8) is 0 Å². The Hall–Kier alpha value is -3.45. The summed E-state index contributed by atoms with van der Waals surface area (Å²) >= 11 is 0. The van der Waals surface area contributed by atoms with E-state index in [2.05, 4.69) is 10.6 Å². The predicted octanol–water partition coefficient (Wildman–Crippen LogP) is -0.878. The summed E-state index contributed by atoms with van der Waals surface area (Å²) in [5.41, 5.74) is 7.10. The van der Waals surface area contributed by atoms with E-state index < -0.39 is 30.7 Å². The Morgan fingerprint density at radius 1 is 1.09 bits per heavy atom. The number of hydrogen-bond acceptors (Lipinski definition) is 8. The molecule has 2 rings (SSSR count). The van der Waals surface area contributed by atoms with E-state index in [4.69, 9.17) is 20.7 Å². The number of nitrogens with two attached hydrogens (primary N) is 1. The SMILES string of the molecule is NCCNCc1ccc(CC(=O)N[C@@H](Cc2cccc(C(=O)O)c2O)B(O)O)cc1.O=CO. The highest BCUT2D eigenvalue weighted by Gasteiger charge is 2.27. The van der Waals surface area contributed by atoms with Gasteiger partial charge in [0.1, 0.15) is 11.3 Å². The average molecular weight is 461 g/mol. The molecule has 0 aliphatic rings. The van der Waals surface area contributed by atoms with Gasteiger partial charge in [-0.25, -0.2) is 4.79 Å². The summed E-state index contributed by atoms with van der Waals surface area (Å²) in [5, 5.41) is 51.0. The Balaban J connectivity index is 0.00000172. The minimum absolute atomic E-state index is 0.0286. The molecule has 0 radical (unpaired) electrons. The molecular weight excluding hydrogens is 433 g/mol. The maximum atomic E-state index is 12.4. The van der Waals surface area contributed by atoms with Crippen LogP contribution in [0, 0.1) is 0 Å². The van der Waals surface area contributed by atoms with Gasteiger partial charge in [0.15, 0.2) is 0 Å². The molecule has 1 amide bonds. The third-order valence-electron chi connectivity index (χ3n) is 4.53. The van der Waals surface area contributed by atoms with Crippen molar-refractivity contribution in [2.75, 3.05) is 13.1 Å². The molecule has 0 spiro atoms. The maximum Gasteiger partial charge on any atom is 0.475 e. The molecule has 0 heterocycles. The summed E-state index contributed by atoms with van der Waals surface area (Å²) in [5.74, 6) is -3.33. The Morgan fingerprint density at radius 3 is 2.24 bits per heavy atom. The minimum Gasteiger partial charge on any atom is -0.507 e. The fourth-order valence-electron chi connectivity index (χ4n) is 2.95. The van der Waals surface area contributed by atoms with Crippen LogP contribution in [0.2, 0.25) is 0 Å². The van der Waals surface area contributed by atoms with Crippen LogP contribution in [0.4, 0.5) is 0 Å². The number of carboxylic acids is 1. The fourth-order valence-corrected chi connectivity index (χ4v) is 2.95. The number of hydrogen-bond donors (Lipinski definition) is 8. The second-order valence-electron chi connectivity index (χ2n) is 6.97. The van der Waals surface area contributed by atoms with Gasteiger partial charge in [-0.3, -0.25) is 9.59 Å². The van der Waals surface area contributed by atoms with Crippen molar-refractivity contribution in [1.82, 2.24) is 10.6 Å². The third kappa shape index (κ3) is 9.70. The molecule has 33 heavy (non-hydrogen) atoms. The minimum atomic E-state index is -1.89.